The summed E-state index contributed by atoms with van der Waals surface area (Å²) >= 11 is 0. The first-order valence-corrected chi connectivity index (χ1v) is 2.70. The van der Waals surface area contributed by atoms with E-state index in [1.54, 1.807) is 0 Å². The van der Waals surface area contributed by atoms with Crippen molar-refractivity contribution in [1.82, 2.24) is 0 Å². The largest absolute Gasteiger partial charge is 0.394 e. The van der Waals surface area contributed by atoms with Gasteiger partial charge in [-0.25, -0.2) is 9.78 Å². The van der Waals surface area contributed by atoms with Crippen LogP contribution in [0.1, 0.15) is 0 Å². The third-order valence-electron chi connectivity index (χ3n) is 0.908. The van der Waals surface area contributed by atoms with Gasteiger partial charge in [-0.15, -0.1) is 0 Å². The van der Waals surface area contributed by atoms with Crippen molar-refractivity contribution in [2.75, 3.05) is 13.7 Å². The maximum atomic E-state index is 10.0. The summed E-state index contributed by atoms with van der Waals surface area (Å²) in [6, 6.07) is 0. The SMILES string of the molecule is COO[C@H](C=O)[C@H](O)CO. The minimum atomic E-state index is -1.22. The number of hydrogen-bond acceptors (Lipinski definition) is 5. The van der Waals surface area contributed by atoms with Gasteiger partial charge in [-0.05, 0) is 0 Å². The maximum absolute atomic E-state index is 10.0. The molecule has 0 bridgehead atoms. The van der Waals surface area contributed by atoms with Crippen molar-refractivity contribution in [3.05, 3.63) is 0 Å². The van der Waals surface area contributed by atoms with E-state index >= 15 is 0 Å². The number of aliphatic hydroxyl groups is 2. The Morgan fingerprint density at radius 1 is 1.70 bits per heavy atom. The molecular formula is C5H10O5. The Labute approximate surface area is 58.1 Å². The molecule has 2 N–H and O–H groups in total. The highest BCUT2D eigenvalue weighted by Crippen LogP contribution is 1.94. The van der Waals surface area contributed by atoms with Crippen LogP contribution in [-0.2, 0) is 14.6 Å². The van der Waals surface area contributed by atoms with Crippen LogP contribution in [-0.4, -0.2) is 42.4 Å². The van der Waals surface area contributed by atoms with Crippen LogP contribution in [0.5, 0.6) is 0 Å². The van der Waals surface area contributed by atoms with Crippen LogP contribution in [0, 0.1) is 0 Å². The van der Waals surface area contributed by atoms with Crippen molar-refractivity contribution < 1.29 is 24.8 Å². The average molecular weight is 150 g/mol. The first-order valence-electron chi connectivity index (χ1n) is 2.70. The lowest BCUT2D eigenvalue weighted by molar-refractivity contribution is -0.309. The zero-order valence-electron chi connectivity index (χ0n) is 5.56. The molecule has 0 rings (SSSR count). The van der Waals surface area contributed by atoms with E-state index in [-0.39, 0.29) is 0 Å². The lowest BCUT2D eigenvalue weighted by Crippen LogP contribution is -2.33. The van der Waals surface area contributed by atoms with E-state index in [2.05, 4.69) is 9.78 Å². The molecule has 0 fully saturated rings. The maximum Gasteiger partial charge on any atom is 0.176 e. The minimum absolute atomic E-state index is 0.352. The van der Waals surface area contributed by atoms with Crippen molar-refractivity contribution in [3.63, 3.8) is 0 Å². The van der Waals surface area contributed by atoms with Crippen LogP contribution in [0.4, 0.5) is 0 Å². The molecule has 0 unspecified atom stereocenters. The van der Waals surface area contributed by atoms with Gasteiger partial charge in [0.05, 0.1) is 13.7 Å². The summed E-state index contributed by atoms with van der Waals surface area (Å²) in [5.74, 6) is 0. The van der Waals surface area contributed by atoms with Gasteiger partial charge >= 0.3 is 0 Å². The van der Waals surface area contributed by atoms with Gasteiger partial charge in [0.1, 0.15) is 6.10 Å². The van der Waals surface area contributed by atoms with Gasteiger partial charge in [-0.2, -0.15) is 0 Å². The van der Waals surface area contributed by atoms with Crippen molar-refractivity contribution in [3.8, 4) is 0 Å². The number of rotatable bonds is 5. The summed E-state index contributed by atoms with van der Waals surface area (Å²) < 4.78 is 0. The monoisotopic (exact) mass is 150 g/mol. The third-order valence-corrected chi connectivity index (χ3v) is 0.908. The predicted molar refractivity (Wildman–Crippen MR) is 31.0 cm³/mol. The molecule has 0 aromatic heterocycles. The molecule has 0 aliphatic carbocycles. The summed E-state index contributed by atoms with van der Waals surface area (Å²) in [6.45, 7) is -0.535. The van der Waals surface area contributed by atoms with Crippen LogP contribution in [0.2, 0.25) is 0 Å². The van der Waals surface area contributed by atoms with E-state index in [0.29, 0.717) is 6.29 Å². The van der Waals surface area contributed by atoms with E-state index in [4.69, 9.17) is 10.2 Å². The molecular weight excluding hydrogens is 140 g/mol. The lowest BCUT2D eigenvalue weighted by atomic mass is 10.2. The second-order valence-electron chi connectivity index (χ2n) is 1.61. The highest BCUT2D eigenvalue weighted by Gasteiger charge is 2.18. The Balaban J connectivity index is 3.67. The van der Waals surface area contributed by atoms with E-state index in [9.17, 15) is 4.79 Å². The number of carbonyl (C=O) groups excluding carboxylic acids is 1. The number of aldehydes is 1. The molecule has 5 heteroatoms. The Bertz CT molecular complexity index is 94.0. The van der Waals surface area contributed by atoms with Gasteiger partial charge in [0.2, 0.25) is 0 Å². The van der Waals surface area contributed by atoms with Gasteiger partial charge in [-0.3, -0.25) is 0 Å². The Kier molecular flexibility index (Phi) is 5.05. The third kappa shape index (κ3) is 2.88. The fraction of sp³-hybridized carbons (Fsp3) is 0.800. The van der Waals surface area contributed by atoms with Crippen molar-refractivity contribution in [2.24, 2.45) is 0 Å². The summed E-state index contributed by atoms with van der Waals surface area (Å²) in [5, 5.41) is 17.1. The van der Waals surface area contributed by atoms with Gasteiger partial charge in [0, 0.05) is 0 Å². The first kappa shape index (κ1) is 9.51. The molecule has 0 aliphatic rings. The van der Waals surface area contributed by atoms with E-state index in [1.165, 1.54) is 7.11 Å². The summed E-state index contributed by atoms with van der Waals surface area (Å²) in [7, 11) is 1.21. The smallest absolute Gasteiger partial charge is 0.176 e. The zero-order chi connectivity index (χ0) is 7.98. The molecule has 0 saturated heterocycles. The highest BCUT2D eigenvalue weighted by atomic mass is 17.2. The topological polar surface area (TPSA) is 76.0 Å². The quantitative estimate of drug-likeness (QED) is 0.283. The predicted octanol–water partition coefficient (Wildman–Crippen LogP) is -1.51. The number of aliphatic hydroxyl groups excluding tert-OH is 2. The van der Waals surface area contributed by atoms with Crippen LogP contribution in [0.15, 0.2) is 0 Å². The molecule has 10 heavy (non-hydrogen) atoms. The fourth-order valence-electron chi connectivity index (χ4n) is 0.393. The Morgan fingerprint density at radius 3 is 2.60 bits per heavy atom. The van der Waals surface area contributed by atoms with E-state index in [0.717, 1.165) is 0 Å². The van der Waals surface area contributed by atoms with Gasteiger partial charge in [0.15, 0.2) is 12.4 Å². The molecule has 0 heterocycles. The number of hydrogen-bond donors (Lipinski definition) is 2. The summed E-state index contributed by atoms with van der Waals surface area (Å²) in [6.07, 6.45) is -1.99. The van der Waals surface area contributed by atoms with Crippen LogP contribution in [0.3, 0.4) is 0 Å². The molecule has 5 nitrogen and oxygen atoms in total. The summed E-state index contributed by atoms with van der Waals surface area (Å²) in [4.78, 5) is 18.4. The molecule has 0 aromatic carbocycles. The van der Waals surface area contributed by atoms with Crippen molar-refractivity contribution in [1.29, 1.82) is 0 Å². The first-order chi connectivity index (χ1) is 4.76. The molecule has 0 radical (unpaired) electrons. The van der Waals surface area contributed by atoms with Gasteiger partial charge in [-0.1, -0.05) is 0 Å². The second kappa shape index (κ2) is 5.31. The average Bonchev–Trinajstić information content (AvgIpc) is 1.99. The molecule has 0 spiro atoms. The minimum Gasteiger partial charge on any atom is -0.394 e. The molecule has 0 aromatic rings. The number of carbonyl (C=O) groups is 1. The zero-order valence-corrected chi connectivity index (χ0v) is 5.56. The van der Waals surface area contributed by atoms with Crippen LogP contribution in [0.25, 0.3) is 0 Å². The van der Waals surface area contributed by atoms with Crippen LogP contribution < -0.4 is 0 Å². The molecule has 0 aliphatic heterocycles. The van der Waals surface area contributed by atoms with E-state index in [1.807, 2.05) is 0 Å². The normalized spacial score (nSPS) is 16.3. The fourth-order valence-corrected chi connectivity index (χ4v) is 0.393. The van der Waals surface area contributed by atoms with Crippen molar-refractivity contribution >= 4 is 6.29 Å². The second-order valence-corrected chi connectivity index (χ2v) is 1.61. The molecule has 0 amide bonds. The molecule has 0 saturated carbocycles. The highest BCUT2D eigenvalue weighted by molar-refractivity contribution is 5.56. The van der Waals surface area contributed by atoms with Gasteiger partial charge in [0.25, 0.3) is 0 Å². The summed E-state index contributed by atoms with van der Waals surface area (Å²) in [5.41, 5.74) is 0. The van der Waals surface area contributed by atoms with Crippen molar-refractivity contribution in [2.45, 2.75) is 12.2 Å². The van der Waals surface area contributed by atoms with Crippen LogP contribution >= 0.6 is 0 Å². The molecule has 2 atom stereocenters. The Hall–Kier alpha value is -0.490. The Morgan fingerprint density at radius 2 is 2.30 bits per heavy atom. The lowest BCUT2D eigenvalue weighted by Gasteiger charge is -2.12. The van der Waals surface area contributed by atoms with Gasteiger partial charge < -0.3 is 15.0 Å². The molecule has 60 valence electrons. The van der Waals surface area contributed by atoms with E-state index < -0.39 is 18.8 Å². The standard InChI is InChI=1S/C5H10O5/c1-9-10-5(3-7)4(8)2-6/h3-6,8H,2H2,1H3/t4-,5-/m1/s1.